The Morgan fingerprint density at radius 3 is 2.66 bits per heavy atom. The highest BCUT2D eigenvalue weighted by Crippen LogP contribution is 2.42. The molecule has 2 aromatic carbocycles. The highest BCUT2D eigenvalue weighted by molar-refractivity contribution is 5.80. The summed E-state index contributed by atoms with van der Waals surface area (Å²) < 4.78 is 11.7. The molecular formula is C23H26N2O4. The molecule has 2 aliphatic heterocycles. The van der Waals surface area contributed by atoms with Gasteiger partial charge in [-0.3, -0.25) is 9.59 Å². The van der Waals surface area contributed by atoms with E-state index in [0.29, 0.717) is 19.5 Å². The molecule has 29 heavy (non-hydrogen) atoms. The van der Waals surface area contributed by atoms with E-state index in [2.05, 4.69) is 0 Å². The summed E-state index contributed by atoms with van der Waals surface area (Å²) >= 11 is 0. The van der Waals surface area contributed by atoms with E-state index in [4.69, 9.17) is 9.47 Å². The molecule has 2 heterocycles. The van der Waals surface area contributed by atoms with Crippen LogP contribution >= 0.6 is 0 Å². The monoisotopic (exact) mass is 394 g/mol. The number of para-hydroxylation sites is 1. The molecule has 0 unspecified atom stereocenters. The second-order valence-electron chi connectivity index (χ2n) is 7.69. The number of rotatable bonds is 4. The summed E-state index contributed by atoms with van der Waals surface area (Å²) in [6.07, 6.45) is 0.351. The Kier molecular flexibility index (Phi) is 5.28. The van der Waals surface area contributed by atoms with Gasteiger partial charge in [0, 0.05) is 20.1 Å². The molecular weight excluding hydrogens is 368 g/mol. The van der Waals surface area contributed by atoms with Gasteiger partial charge < -0.3 is 19.3 Å². The Morgan fingerprint density at radius 2 is 1.90 bits per heavy atom. The molecule has 2 saturated heterocycles. The minimum atomic E-state index is -0.551. The van der Waals surface area contributed by atoms with Crippen molar-refractivity contribution in [2.45, 2.75) is 25.0 Å². The zero-order chi connectivity index (χ0) is 20.4. The molecule has 0 bridgehead atoms. The summed E-state index contributed by atoms with van der Waals surface area (Å²) in [5.41, 5.74) is 1.49. The van der Waals surface area contributed by atoms with E-state index < -0.39 is 5.54 Å². The van der Waals surface area contributed by atoms with Crippen molar-refractivity contribution in [1.29, 1.82) is 0 Å². The quantitative estimate of drug-likeness (QED) is 0.799. The third-order valence-corrected chi connectivity index (χ3v) is 6.13. The molecule has 0 spiro atoms. The number of likely N-dealkylation sites (tertiary alicyclic amines) is 1. The molecule has 0 radical (unpaired) electrons. The number of aryl methyl sites for hydroxylation is 1. The average Bonchev–Trinajstić information content (AvgIpc) is 2.76. The minimum Gasteiger partial charge on any atom is -0.484 e. The molecule has 152 valence electrons. The van der Waals surface area contributed by atoms with Gasteiger partial charge in [-0.05, 0) is 30.5 Å². The summed E-state index contributed by atoms with van der Waals surface area (Å²) in [7, 11) is 1.84. The molecule has 0 aliphatic carbocycles. The Balaban J connectivity index is 1.50. The first-order chi connectivity index (χ1) is 14.0. The maximum Gasteiger partial charge on any atom is 0.260 e. The minimum absolute atomic E-state index is 0.00925. The highest BCUT2D eigenvalue weighted by atomic mass is 16.5. The third-order valence-electron chi connectivity index (χ3n) is 6.13. The van der Waals surface area contributed by atoms with Gasteiger partial charge in [0.15, 0.2) is 6.61 Å². The molecule has 0 aromatic heterocycles. The van der Waals surface area contributed by atoms with E-state index in [0.717, 1.165) is 16.9 Å². The number of hydrogen-bond donors (Lipinski definition) is 0. The van der Waals surface area contributed by atoms with Gasteiger partial charge in [0.1, 0.15) is 18.5 Å². The van der Waals surface area contributed by atoms with Crippen LogP contribution in [0, 0.1) is 6.92 Å². The molecule has 2 atom stereocenters. The molecule has 4 rings (SSSR count). The third kappa shape index (κ3) is 3.49. The number of carbonyl (C=O) groups is 2. The molecule has 2 aromatic rings. The van der Waals surface area contributed by atoms with E-state index in [-0.39, 0.29) is 31.1 Å². The lowest BCUT2D eigenvalue weighted by Crippen LogP contribution is -2.67. The molecule has 2 amide bonds. The van der Waals surface area contributed by atoms with Crippen LogP contribution in [-0.2, 0) is 19.9 Å². The summed E-state index contributed by atoms with van der Waals surface area (Å²) in [6, 6.07) is 17.6. The number of fused-ring (bicyclic) bond motifs is 1. The second-order valence-corrected chi connectivity index (χ2v) is 7.69. The molecule has 2 fully saturated rings. The topological polar surface area (TPSA) is 59.1 Å². The standard InChI is InChI=1S/C23H26N2O4/c1-17-8-6-7-11-19(17)28-16-22(27)25-13-12-23(18-9-4-3-5-10-18)20(14-25)29-15-21(26)24(23)2/h3-11,20H,12-16H2,1-2H3/t20-,23+/m1/s1. The predicted octanol–water partition coefficient (Wildman–Crippen LogP) is 2.36. The first-order valence-corrected chi connectivity index (χ1v) is 9.92. The SMILES string of the molecule is Cc1ccccc1OCC(=O)N1CC[C@]2(c3ccccc3)[C@@H](C1)OCC(=O)N2C. The van der Waals surface area contributed by atoms with Crippen molar-refractivity contribution in [2.75, 3.05) is 33.4 Å². The van der Waals surface area contributed by atoms with Crippen LogP contribution in [-0.4, -0.2) is 61.1 Å². The summed E-state index contributed by atoms with van der Waals surface area (Å²) in [5.74, 6) is 0.613. The molecule has 6 nitrogen and oxygen atoms in total. The number of benzene rings is 2. The summed E-state index contributed by atoms with van der Waals surface area (Å²) in [6.45, 7) is 2.96. The number of amides is 2. The fourth-order valence-electron chi connectivity index (χ4n) is 4.40. The van der Waals surface area contributed by atoms with Crippen LogP contribution in [0.1, 0.15) is 17.5 Å². The van der Waals surface area contributed by atoms with E-state index >= 15 is 0 Å². The van der Waals surface area contributed by atoms with Crippen molar-refractivity contribution in [3.63, 3.8) is 0 Å². The molecule has 0 N–H and O–H groups in total. The average molecular weight is 394 g/mol. The van der Waals surface area contributed by atoms with Crippen LogP contribution < -0.4 is 4.74 Å². The summed E-state index contributed by atoms with van der Waals surface area (Å²) in [4.78, 5) is 28.8. The van der Waals surface area contributed by atoms with Gasteiger partial charge in [0.2, 0.25) is 5.91 Å². The lowest BCUT2D eigenvalue weighted by Gasteiger charge is -2.54. The van der Waals surface area contributed by atoms with Crippen molar-refractivity contribution < 1.29 is 19.1 Å². The normalized spacial score (nSPS) is 24.2. The van der Waals surface area contributed by atoms with Gasteiger partial charge in [0.25, 0.3) is 5.91 Å². The maximum atomic E-state index is 12.8. The number of ether oxygens (including phenoxy) is 2. The number of hydrogen-bond acceptors (Lipinski definition) is 4. The van der Waals surface area contributed by atoms with Crippen molar-refractivity contribution in [2.24, 2.45) is 0 Å². The van der Waals surface area contributed by atoms with Crippen molar-refractivity contribution in [1.82, 2.24) is 9.80 Å². The van der Waals surface area contributed by atoms with Crippen molar-refractivity contribution >= 4 is 11.8 Å². The first-order valence-electron chi connectivity index (χ1n) is 9.92. The zero-order valence-corrected chi connectivity index (χ0v) is 16.8. The first kappa shape index (κ1) is 19.5. The van der Waals surface area contributed by atoms with Gasteiger partial charge in [0.05, 0.1) is 5.54 Å². The van der Waals surface area contributed by atoms with Crippen LogP contribution in [0.4, 0.5) is 0 Å². The highest BCUT2D eigenvalue weighted by Gasteiger charge is 2.53. The van der Waals surface area contributed by atoms with Gasteiger partial charge in [-0.25, -0.2) is 0 Å². The van der Waals surface area contributed by atoms with Gasteiger partial charge in [-0.2, -0.15) is 0 Å². The van der Waals surface area contributed by atoms with Crippen LogP contribution in [0.25, 0.3) is 0 Å². The number of nitrogens with zero attached hydrogens (tertiary/aromatic N) is 2. The van der Waals surface area contributed by atoms with E-state index in [9.17, 15) is 9.59 Å². The van der Waals surface area contributed by atoms with E-state index in [1.165, 1.54) is 0 Å². The van der Waals surface area contributed by atoms with Gasteiger partial charge in [-0.1, -0.05) is 48.5 Å². The number of likely N-dealkylation sites (N-methyl/N-ethyl adjacent to an activating group) is 1. The van der Waals surface area contributed by atoms with Crippen molar-refractivity contribution in [3.8, 4) is 5.75 Å². The number of carbonyl (C=O) groups excluding carboxylic acids is 2. The Bertz CT molecular complexity index is 901. The van der Waals surface area contributed by atoms with Crippen LogP contribution in [0.15, 0.2) is 54.6 Å². The Labute approximate surface area is 171 Å². The van der Waals surface area contributed by atoms with Gasteiger partial charge >= 0.3 is 0 Å². The predicted molar refractivity (Wildman–Crippen MR) is 109 cm³/mol. The van der Waals surface area contributed by atoms with Crippen LogP contribution in [0.3, 0.4) is 0 Å². The zero-order valence-electron chi connectivity index (χ0n) is 16.8. The van der Waals surface area contributed by atoms with E-state index in [1.54, 1.807) is 4.90 Å². The van der Waals surface area contributed by atoms with Crippen LogP contribution in [0.5, 0.6) is 5.75 Å². The smallest absolute Gasteiger partial charge is 0.260 e. The molecule has 6 heteroatoms. The Hall–Kier alpha value is -2.86. The van der Waals surface area contributed by atoms with Crippen molar-refractivity contribution in [3.05, 3.63) is 65.7 Å². The fraction of sp³-hybridized carbons (Fsp3) is 0.391. The Morgan fingerprint density at radius 1 is 1.17 bits per heavy atom. The molecule has 0 saturated carbocycles. The molecule has 2 aliphatic rings. The summed E-state index contributed by atoms with van der Waals surface area (Å²) in [5, 5.41) is 0. The number of morpholine rings is 1. The fourth-order valence-corrected chi connectivity index (χ4v) is 4.40. The lowest BCUT2D eigenvalue weighted by atomic mass is 9.76. The largest absolute Gasteiger partial charge is 0.484 e. The lowest BCUT2D eigenvalue weighted by molar-refractivity contribution is -0.184. The van der Waals surface area contributed by atoms with Crippen LogP contribution in [0.2, 0.25) is 0 Å². The second kappa shape index (κ2) is 7.87. The number of piperidine rings is 1. The van der Waals surface area contributed by atoms with E-state index in [1.807, 2.05) is 73.5 Å². The van der Waals surface area contributed by atoms with Gasteiger partial charge in [-0.15, -0.1) is 0 Å². The maximum absolute atomic E-state index is 12.8.